The summed E-state index contributed by atoms with van der Waals surface area (Å²) in [6.07, 6.45) is -1.27. The quantitative estimate of drug-likeness (QED) is 0.816. The van der Waals surface area contributed by atoms with Crippen LogP contribution in [0.2, 0.25) is 0 Å². The van der Waals surface area contributed by atoms with Crippen molar-refractivity contribution in [2.75, 3.05) is 20.2 Å². The highest BCUT2D eigenvalue weighted by molar-refractivity contribution is 7.89. The number of nitrogens with zero attached hydrogens (tertiary/aromatic N) is 1. The average Bonchev–Trinajstić information content (AvgIpc) is 2.33. The maximum atomic E-state index is 13.5. The Morgan fingerprint density at radius 2 is 1.89 bits per heavy atom. The van der Waals surface area contributed by atoms with Gasteiger partial charge in [0.05, 0.1) is 12.7 Å². The Labute approximate surface area is 110 Å². The molecular formula is C11H15F2NO4S. The number of aliphatic hydroxyl groups is 2. The minimum absolute atomic E-state index is 0.00363. The molecule has 1 aromatic rings. The van der Waals surface area contributed by atoms with Crippen LogP contribution in [0.25, 0.3) is 0 Å². The Morgan fingerprint density at radius 1 is 1.32 bits per heavy atom. The standard InChI is InChI=1S/C11H15F2NO4S/c1-7-3-11(10(13)4-9(7)12)19(17,18)14(2)5-8(16)6-15/h3-4,8,15-16H,5-6H2,1-2H3/t8-/m0/s1. The summed E-state index contributed by atoms with van der Waals surface area (Å²) in [6.45, 7) is 0.301. The van der Waals surface area contributed by atoms with E-state index in [1.807, 2.05) is 0 Å². The Bertz CT molecular complexity index is 562. The summed E-state index contributed by atoms with van der Waals surface area (Å²) in [4.78, 5) is -0.668. The van der Waals surface area contributed by atoms with E-state index < -0.39 is 45.8 Å². The number of rotatable bonds is 5. The lowest BCUT2D eigenvalue weighted by Gasteiger charge is -2.20. The second-order valence-corrected chi connectivity index (χ2v) is 6.17. The second-order valence-electron chi connectivity index (χ2n) is 4.15. The van der Waals surface area contributed by atoms with Crippen molar-refractivity contribution in [1.29, 1.82) is 0 Å². The molecule has 0 aromatic heterocycles. The van der Waals surface area contributed by atoms with Gasteiger partial charge in [0.15, 0.2) is 0 Å². The van der Waals surface area contributed by atoms with Crippen molar-refractivity contribution in [3.63, 3.8) is 0 Å². The van der Waals surface area contributed by atoms with Crippen LogP contribution >= 0.6 is 0 Å². The maximum absolute atomic E-state index is 13.5. The minimum atomic E-state index is -4.19. The molecule has 1 atom stereocenters. The molecule has 5 nitrogen and oxygen atoms in total. The van der Waals surface area contributed by atoms with Crippen molar-refractivity contribution in [1.82, 2.24) is 4.31 Å². The van der Waals surface area contributed by atoms with E-state index in [0.29, 0.717) is 10.4 Å². The first-order valence-electron chi connectivity index (χ1n) is 5.41. The van der Waals surface area contributed by atoms with E-state index in [9.17, 15) is 22.3 Å². The molecule has 108 valence electrons. The SMILES string of the molecule is Cc1cc(S(=O)(=O)N(C)C[C@H](O)CO)c(F)cc1F. The molecule has 0 spiro atoms. The van der Waals surface area contributed by atoms with Gasteiger partial charge in [0, 0.05) is 19.7 Å². The van der Waals surface area contributed by atoms with E-state index in [-0.39, 0.29) is 5.56 Å². The zero-order valence-electron chi connectivity index (χ0n) is 10.5. The first-order chi connectivity index (χ1) is 8.70. The highest BCUT2D eigenvalue weighted by Crippen LogP contribution is 2.21. The van der Waals surface area contributed by atoms with Gasteiger partial charge in [0.2, 0.25) is 10.0 Å². The number of aryl methyl sites for hydroxylation is 1. The normalized spacial score (nSPS) is 13.8. The highest BCUT2D eigenvalue weighted by Gasteiger charge is 2.27. The summed E-state index contributed by atoms with van der Waals surface area (Å²) in [5.74, 6) is -2.04. The van der Waals surface area contributed by atoms with E-state index in [1.165, 1.54) is 6.92 Å². The lowest BCUT2D eigenvalue weighted by molar-refractivity contribution is 0.0825. The molecule has 1 aromatic carbocycles. The smallest absolute Gasteiger partial charge is 0.245 e. The lowest BCUT2D eigenvalue weighted by Crippen LogP contribution is -2.36. The molecule has 0 unspecified atom stereocenters. The third-order valence-corrected chi connectivity index (χ3v) is 4.42. The van der Waals surface area contributed by atoms with Crippen LogP contribution in [0.15, 0.2) is 17.0 Å². The fourth-order valence-corrected chi connectivity index (χ4v) is 2.78. The highest BCUT2D eigenvalue weighted by atomic mass is 32.2. The molecule has 0 aliphatic rings. The summed E-state index contributed by atoms with van der Waals surface area (Å²) in [6, 6.07) is 1.39. The average molecular weight is 295 g/mol. The third-order valence-electron chi connectivity index (χ3n) is 2.58. The number of sulfonamides is 1. The molecule has 0 aliphatic heterocycles. The third kappa shape index (κ3) is 3.47. The fourth-order valence-electron chi connectivity index (χ4n) is 1.45. The van der Waals surface area contributed by atoms with Gasteiger partial charge in [-0.3, -0.25) is 0 Å². The molecule has 0 fully saturated rings. The van der Waals surface area contributed by atoms with Gasteiger partial charge in [0.1, 0.15) is 16.5 Å². The summed E-state index contributed by atoms with van der Waals surface area (Å²) in [5, 5.41) is 17.9. The van der Waals surface area contributed by atoms with E-state index in [2.05, 4.69) is 0 Å². The zero-order chi connectivity index (χ0) is 14.8. The van der Waals surface area contributed by atoms with Gasteiger partial charge < -0.3 is 10.2 Å². The largest absolute Gasteiger partial charge is 0.394 e. The number of benzene rings is 1. The van der Waals surface area contributed by atoms with Gasteiger partial charge in [-0.2, -0.15) is 4.31 Å². The predicted octanol–water partition coefficient (Wildman–Crippen LogP) is 0.247. The topological polar surface area (TPSA) is 77.8 Å². The van der Waals surface area contributed by atoms with Crippen LogP contribution in [-0.4, -0.2) is 49.2 Å². The summed E-state index contributed by atoms with van der Waals surface area (Å²) in [7, 11) is -3.06. The molecule has 8 heteroatoms. The molecule has 0 aliphatic carbocycles. The van der Waals surface area contributed by atoms with Crippen LogP contribution in [0.3, 0.4) is 0 Å². The summed E-state index contributed by atoms with van der Waals surface area (Å²) in [5.41, 5.74) is -0.00363. The molecule has 2 N–H and O–H groups in total. The van der Waals surface area contributed by atoms with Crippen molar-refractivity contribution in [3.05, 3.63) is 29.3 Å². The van der Waals surface area contributed by atoms with Crippen molar-refractivity contribution in [2.45, 2.75) is 17.9 Å². The Morgan fingerprint density at radius 3 is 2.42 bits per heavy atom. The van der Waals surface area contributed by atoms with Crippen LogP contribution in [0.5, 0.6) is 0 Å². The van der Waals surface area contributed by atoms with Crippen LogP contribution in [-0.2, 0) is 10.0 Å². The van der Waals surface area contributed by atoms with Crippen LogP contribution < -0.4 is 0 Å². The van der Waals surface area contributed by atoms with Crippen molar-refractivity contribution >= 4 is 10.0 Å². The molecule has 0 amide bonds. The van der Waals surface area contributed by atoms with Gasteiger partial charge >= 0.3 is 0 Å². The van der Waals surface area contributed by atoms with Gasteiger partial charge in [-0.15, -0.1) is 0 Å². The first kappa shape index (κ1) is 16.0. The number of likely N-dealkylation sites (N-methyl/N-ethyl adjacent to an activating group) is 1. The van der Waals surface area contributed by atoms with Gasteiger partial charge in [-0.1, -0.05) is 0 Å². The molecule has 0 bridgehead atoms. The van der Waals surface area contributed by atoms with Crippen molar-refractivity contribution in [2.24, 2.45) is 0 Å². The first-order valence-corrected chi connectivity index (χ1v) is 6.85. The van der Waals surface area contributed by atoms with E-state index >= 15 is 0 Å². The Kier molecular flexibility index (Phi) is 4.97. The van der Waals surface area contributed by atoms with Crippen molar-refractivity contribution < 1.29 is 27.4 Å². The second kappa shape index (κ2) is 5.91. The molecule has 19 heavy (non-hydrogen) atoms. The van der Waals surface area contributed by atoms with Gasteiger partial charge in [0.25, 0.3) is 0 Å². The summed E-state index contributed by atoms with van der Waals surface area (Å²) >= 11 is 0. The Balaban J connectivity index is 3.17. The molecule has 0 saturated carbocycles. The fraction of sp³-hybridized carbons (Fsp3) is 0.455. The zero-order valence-corrected chi connectivity index (χ0v) is 11.3. The van der Waals surface area contributed by atoms with Crippen LogP contribution in [0, 0.1) is 18.6 Å². The van der Waals surface area contributed by atoms with Crippen LogP contribution in [0.1, 0.15) is 5.56 Å². The molecule has 1 rings (SSSR count). The Hall–Kier alpha value is -1.09. The predicted molar refractivity (Wildman–Crippen MR) is 64.0 cm³/mol. The van der Waals surface area contributed by atoms with Gasteiger partial charge in [-0.25, -0.2) is 17.2 Å². The monoisotopic (exact) mass is 295 g/mol. The van der Waals surface area contributed by atoms with E-state index in [0.717, 1.165) is 13.1 Å². The minimum Gasteiger partial charge on any atom is -0.394 e. The van der Waals surface area contributed by atoms with Crippen LogP contribution in [0.4, 0.5) is 8.78 Å². The maximum Gasteiger partial charge on any atom is 0.245 e. The molecule has 0 heterocycles. The molecule has 0 saturated heterocycles. The lowest BCUT2D eigenvalue weighted by atomic mass is 10.2. The molecule has 0 radical (unpaired) electrons. The summed E-state index contributed by atoms with van der Waals surface area (Å²) < 4.78 is 51.4. The van der Waals surface area contributed by atoms with Gasteiger partial charge in [-0.05, 0) is 18.6 Å². The van der Waals surface area contributed by atoms with Crippen molar-refractivity contribution in [3.8, 4) is 0 Å². The van der Waals surface area contributed by atoms with E-state index in [4.69, 9.17) is 5.11 Å². The number of aliphatic hydroxyl groups excluding tert-OH is 2. The number of hydrogen-bond acceptors (Lipinski definition) is 4. The number of hydrogen-bond donors (Lipinski definition) is 2. The number of halogens is 2. The van der Waals surface area contributed by atoms with E-state index in [1.54, 1.807) is 0 Å². The molecular weight excluding hydrogens is 280 g/mol.